The van der Waals surface area contributed by atoms with Crippen molar-refractivity contribution in [3.8, 4) is 0 Å². The standard InChI is InChI=1S/C18H31BrN4O/c1-22(9-3-11-24)14-16-6-4-15(5-7-16)8-10-23(2)18-20-12-17(19)13-21-18/h12-13,15-16,24H,3-11,14H2,1-2H3. The predicted octanol–water partition coefficient (Wildman–Crippen LogP) is 3.19. The summed E-state index contributed by atoms with van der Waals surface area (Å²) in [6.45, 7) is 3.51. The Morgan fingerprint density at radius 2 is 1.71 bits per heavy atom. The molecule has 6 heteroatoms. The Morgan fingerprint density at radius 1 is 1.08 bits per heavy atom. The van der Waals surface area contributed by atoms with Gasteiger partial charge >= 0.3 is 0 Å². The Hall–Kier alpha value is -0.720. The Kier molecular flexibility index (Phi) is 8.42. The van der Waals surface area contributed by atoms with Crippen LogP contribution in [-0.4, -0.2) is 60.3 Å². The molecule has 0 bridgehead atoms. The van der Waals surface area contributed by atoms with Gasteiger partial charge in [0.05, 0.1) is 4.47 Å². The Balaban J connectivity index is 1.65. The molecule has 0 saturated heterocycles. The van der Waals surface area contributed by atoms with E-state index in [0.717, 1.165) is 41.8 Å². The summed E-state index contributed by atoms with van der Waals surface area (Å²) in [5, 5.41) is 8.91. The number of aliphatic hydroxyl groups is 1. The zero-order chi connectivity index (χ0) is 17.4. The van der Waals surface area contributed by atoms with Crippen LogP contribution < -0.4 is 4.90 Å². The quantitative estimate of drug-likeness (QED) is 0.691. The summed E-state index contributed by atoms with van der Waals surface area (Å²) < 4.78 is 0.918. The van der Waals surface area contributed by atoms with E-state index >= 15 is 0 Å². The number of rotatable bonds is 9. The topological polar surface area (TPSA) is 52.5 Å². The number of anilines is 1. The highest BCUT2D eigenvalue weighted by atomic mass is 79.9. The fourth-order valence-electron chi connectivity index (χ4n) is 3.55. The molecular weight excluding hydrogens is 368 g/mol. The molecule has 1 aromatic heterocycles. The van der Waals surface area contributed by atoms with E-state index in [1.807, 2.05) is 0 Å². The van der Waals surface area contributed by atoms with Gasteiger partial charge in [-0.15, -0.1) is 0 Å². The smallest absolute Gasteiger partial charge is 0.225 e. The van der Waals surface area contributed by atoms with Crippen molar-refractivity contribution < 1.29 is 5.11 Å². The fourth-order valence-corrected chi connectivity index (χ4v) is 3.76. The van der Waals surface area contributed by atoms with Crippen LogP contribution in [0.1, 0.15) is 38.5 Å². The number of aliphatic hydroxyl groups excluding tert-OH is 1. The zero-order valence-electron chi connectivity index (χ0n) is 15.0. The minimum Gasteiger partial charge on any atom is -0.396 e. The molecule has 136 valence electrons. The summed E-state index contributed by atoms with van der Waals surface area (Å²) in [4.78, 5) is 13.2. The van der Waals surface area contributed by atoms with Crippen LogP contribution in [-0.2, 0) is 0 Å². The van der Waals surface area contributed by atoms with Crippen LogP contribution >= 0.6 is 15.9 Å². The van der Waals surface area contributed by atoms with E-state index in [4.69, 9.17) is 5.11 Å². The van der Waals surface area contributed by atoms with Gasteiger partial charge in [0.25, 0.3) is 0 Å². The lowest BCUT2D eigenvalue weighted by Gasteiger charge is -2.32. The van der Waals surface area contributed by atoms with Gasteiger partial charge in [-0.1, -0.05) is 12.8 Å². The molecular formula is C18H31BrN4O. The van der Waals surface area contributed by atoms with Crippen molar-refractivity contribution in [3.63, 3.8) is 0 Å². The average molecular weight is 399 g/mol. The normalized spacial score (nSPS) is 21.2. The van der Waals surface area contributed by atoms with Gasteiger partial charge < -0.3 is 14.9 Å². The molecule has 1 saturated carbocycles. The van der Waals surface area contributed by atoms with Crippen molar-refractivity contribution in [2.24, 2.45) is 11.8 Å². The number of aromatic nitrogens is 2. The molecule has 1 N–H and O–H groups in total. The second-order valence-corrected chi connectivity index (χ2v) is 8.05. The summed E-state index contributed by atoms with van der Waals surface area (Å²) in [5.74, 6) is 2.47. The molecule has 2 rings (SSSR count). The van der Waals surface area contributed by atoms with Crippen LogP contribution in [0.4, 0.5) is 5.95 Å². The third-order valence-corrected chi connectivity index (χ3v) is 5.46. The van der Waals surface area contributed by atoms with Crippen molar-refractivity contribution >= 4 is 21.9 Å². The molecule has 1 aliphatic carbocycles. The maximum Gasteiger partial charge on any atom is 0.225 e. The van der Waals surface area contributed by atoms with Crippen LogP contribution in [0.3, 0.4) is 0 Å². The minimum atomic E-state index is 0.298. The molecule has 1 aromatic rings. The number of halogens is 1. The van der Waals surface area contributed by atoms with Crippen LogP contribution in [0.25, 0.3) is 0 Å². The maximum absolute atomic E-state index is 8.91. The Labute approximate surface area is 154 Å². The van der Waals surface area contributed by atoms with Gasteiger partial charge in [-0.05, 0) is 60.5 Å². The fraction of sp³-hybridized carbons (Fsp3) is 0.778. The largest absolute Gasteiger partial charge is 0.396 e. The molecule has 1 heterocycles. The molecule has 5 nitrogen and oxygen atoms in total. The summed E-state index contributed by atoms with van der Waals surface area (Å²) in [5.41, 5.74) is 0. The highest BCUT2D eigenvalue weighted by Gasteiger charge is 2.22. The summed E-state index contributed by atoms with van der Waals surface area (Å²) in [6, 6.07) is 0. The molecule has 1 aliphatic rings. The Bertz CT molecular complexity index is 463. The van der Waals surface area contributed by atoms with E-state index in [1.54, 1.807) is 12.4 Å². The van der Waals surface area contributed by atoms with Crippen molar-refractivity contribution in [1.82, 2.24) is 14.9 Å². The van der Waals surface area contributed by atoms with E-state index in [0.29, 0.717) is 6.61 Å². The van der Waals surface area contributed by atoms with E-state index in [1.165, 1.54) is 38.6 Å². The third-order valence-electron chi connectivity index (χ3n) is 5.06. The van der Waals surface area contributed by atoms with Gasteiger partial charge in [0, 0.05) is 45.7 Å². The van der Waals surface area contributed by atoms with Crippen LogP contribution in [0.2, 0.25) is 0 Å². The lowest BCUT2D eigenvalue weighted by Crippen LogP contribution is -2.30. The van der Waals surface area contributed by atoms with E-state index < -0.39 is 0 Å². The molecule has 0 amide bonds. The molecule has 0 spiro atoms. The van der Waals surface area contributed by atoms with Gasteiger partial charge in [0.2, 0.25) is 5.95 Å². The Morgan fingerprint density at radius 3 is 2.33 bits per heavy atom. The van der Waals surface area contributed by atoms with Gasteiger partial charge in [-0.3, -0.25) is 0 Å². The highest BCUT2D eigenvalue weighted by molar-refractivity contribution is 9.10. The van der Waals surface area contributed by atoms with Crippen molar-refractivity contribution in [1.29, 1.82) is 0 Å². The number of hydrogen-bond acceptors (Lipinski definition) is 5. The second kappa shape index (κ2) is 10.3. The first-order valence-corrected chi connectivity index (χ1v) is 9.86. The zero-order valence-corrected chi connectivity index (χ0v) is 16.6. The molecule has 0 radical (unpaired) electrons. The van der Waals surface area contributed by atoms with Crippen LogP contribution in [0.15, 0.2) is 16.9 Å². The number of nitrogens with zero attached hydrogens (tertiary/aromatic N) is 4. The summed E-state index contributed by atoms with van der Waals surface area (Å²) in [6.07, 6.45) is 11.1. The average Bonchev–Trinajstić information content (AvgIpc) is 2.59. The van der Waals surface area contributed by atoms with Gasteiger partial charge in [0.1, 0.15) is 0 Å². The van der Waals surface area contributed by atoms with E-state index in [9.17, 15) is 0 Å². The van der Waals surface area contributed by atoms with Gasteiger partial charge in [-0.25, -0.2) is 9.97 Å². The van der Waals surface area contributed by atoms with Crippen LogP contribution in [0.5, 0.6) is 0 Å². The summed E-state index contributed by atoms with van der Waals surface area (Å²) >= 11 is 3.37. The molecule has 0 unspecified atom stereocenters. The first kappa shape index (κ1) is 19.6. The second-order valence-electron chi connectivity index (χ2n) is 7.14. The van der Waals surface area contributed by atoms with Crippen molar-refractivity contribution in [3.05, 3.63) is 16.9 Å². The van der Waals surface area contributed by atoms with E-state index in [2.05, 4.69) is 49.8 Å². The predicted molar refractivity (Wildman–Crippen MR) is 102 cm³/mol. The SMILES string of the molecule is CN(CCCO)CC1CCC(CCN(C)c2ncc(Br)cn2)CC1. The molecule has 24 heavy (non-hydrogen) atoms. The van der Waals surface area contributed by atoms with E-state index in [-0.39, 0.29) is 0 Å². The summed E-state index contributed by atoms with van der Waals surface area (Å²) in [7, 11) is 4.25. The minimum absolute atomic E-state index is 0.298. The monoisotopic (exact) mass is 398 g/mol. The highest BCUT2D eigenvalue weighted by Crippen LogP contribution is 2.31. The third kappa shape index (κ3) is 6.65. The first-order chi connectivity index (χ1) is 11.6. The first-order valence-electron chi connectivity index (χ1n) is 9.06. The van der Waals surface area contributed by atoms with Crippen molar-refractivity contribution in [2.45, 2.75) is 38.5 Å². The molecule has 1 fully saturated rings. The lowest BCUT2D eigenvalue weighted by molar-refractivity contribution is 0.186. The van der Waals surface area contributed by atoms with Gasteiger partial charge in [0.15, 0.2) is 0 Å². The van der Waals surface area contributed by atoms with Crippen molar-refractivity contribution in [2.75, 3.05) is 45.2 Å². The molecule has 0 atom stereocenters. The molecule has 0 aliphatic heterocycles. The molecule has 0 aromatic carbocycles. The lowest BCUT2D eigenvalue weighted by atomic mass is 9.80. The van der Waals surface area contributed by atoms with Gasteiger partial charge in [-0.2, -0.15) is 0 Å². The maximum atomic E-state index is 8.91. The van der Waals surface area contributed by atoms with Crippen LogP contribution in [0, 0.1) is 11.8 Å². The number of hydrogen-bond donors (Lipinski definition) is 1.